The summed E-state index contributed by atoms with van der Waals surface area (Å²) in [6.45, 7) is 3.84. The van der Waals surface area contributed by atoms with Crippen molar-refractivity contribution in [1.82, 2.24) is 14.7 Å². The summed E-state index contributed by atoms with van der Waals surface area (Å²) in [5, 5.41) is 7.62. The predicted octanol–water partition coefficient (Wildman–Crippen LogP) is 3.59. The Morgan fingerprint density at radius 3 is 2.62 bits per heavy atom. The van der Waals surface area contributed by atoms with Crippen LogP contribution < -0.4 is 5.32 Å². The van der Waals surface area contributed by atoms with E-state index in [0.717, 1.165) is 38.8 Å². The van der Waals surface area contributed by atoms with Crippen LogP contribution in [0.15, 0.2) is 36.5 Å². The molecule has 2 aromatic rings. The molecule has 0 bridgehead atoms. The average molecular weight is 354 g/mol. The highest BCUT2D eigenvalue weighted by Crippen LogP contribution is 2.41. The molecule has 3 rings (SSSR count). The molecule has 5 nitrogen and oxygen atoms in total. The van der Waals surface area contributed by atoms with Gasteiger partial charge in [0.2, 0.25) is 5.91 Å². The zero-order valence-corrected chi connectivity index (χ0v) is 16.2. The summed E-state index contributed by atoms with van der Waals surface area (Å²) in [5.74, 6) is 0.733. The molecule has 1 aliphatic rings. The van der Waals surface area contributed by atoms with Crippen LogP contribution in [0.4, 0.5) is 5.82 Å². The molecule has 1 aromatic heterocycles. The lowest BCUT2D eigenvalue weighted by atomic mass is 9.67. The topological polar surface area (TPSA) is 50.2 Å². The maximum Gasteiger partial charge on any atom is 0.236 e. The Morgan fingerprint density at radius 2 is 1.92 bits per heavy atom. The molecule has 0 radical (unpaired) electrons. The number of nitrogens with zero attached hydrogens (tertiary/aromatic N) is 3. The first-order valence-electron chi connectivity index (χ1n) is 9.57. The number of nitrogens with one attached hydrogen (secondary N) is 1. The van der Waals surface area contributed by atoms with Crippen molar-refractivity contribution < 1.29 is 4.79 Å². The number of benzene rings is 1. The van der Waals surface area contributed by atoms with Crippen LogP contribution in [0.2, 0.25) is 0 Å². The largest absolute Gasteiger partial charge is 0.308 e. The Hall–Kier alpha value is -2.14. The van der Waals surface area contributed by atoms with Crippen LogP contribution in [0.1, 0.15) is 43.2 Å². The summed E-state index contributed by atoms with van der Waals surface area (Å²) in [6.07, 6.45) is 7.15. The van der Waals surface area contributed by atoms with Gasteiger partial charge in [-0.2, -0.15) is 5.10 Å². The fraction of sp³-hybridized carbons (Fsp3) is 0.524. The Labute approximate surface area is 156 Å². The SMILES string of the molecule is Cc1ccccc1C1(C(=O)Nc2ccn(CCN(C)C)n2)CCCCC1. The smallest absolute Gasteiger partial charge is 0.236 e. The van der Waals surface area contributed by atoms with Crippen LogP contribution in [-0.4, -0.2) is 41.2 Å². The monoisotopic (exact) mass is 354 g/mol. The molecule has 1 aromatic carbocycles. The van der Waals surface area contributed by atoms with Gasteiger partial charge in [-0.3, -0.25) is 9.48 Å². The van der Waals surface area contributed by atoms with Gasteiger partial charge in [0.1, 0.15) is 0 Å². The summed E-state index contributed by atoms with van der Waals surface area (Å²) < 4.78 is 1.89. The first kappa shape index (κ1) is 18.6. The second kappa shape index (κ2) is 8.04. The third-order valence-electron chi connectivity index (χ3n) is 5.46. The molecule has 0 unspecified atom stereocenters. The van der Waals surface area contributed by atoms with Crippen molar-refractivity contribution in [3.8, 4) is 0 Å². The normalized spacial score (nSPS) is 16.6. The molecule has 140 valence electrons. The van der Waals surface area contributed by atoms with Crippen molar-refractivity contribution in [2.24, 2.45) is 0 Å². The molecule has 26 heavy (non-hydrogen) atoms. The molecule has 1 fully saturated rings. The minimum absolute atomic E-state index is 0.0874. The van der Waals surface area contributed by atoms with Gasteiger partial charge < -0.3 is 10.2 Å². The summed E-state index contributed by atoms with van der Waals surface area (Å²) in [4.78, 5) is 15.5. The van der Waals surface area contributed by atoms with Gasteiger partial charge in [-0.05, 0) is 45.0 Å². The Morgan fingerprint density at radius 1 is 1.19 bits per heavy atom. The quantitative estimate of drug-likeness (QED) is 0.862. The van der Waals surface area contributed by atoms with E-state index >= 15 is 0 Å². The van der Waals surface area contributed by atoms with Crippen molar-refractivity contribution >= 4 is 11.7 Å². The molecule has 1 amide bonds. The van der Waals surface area contributed by atoms with E-state index in [1.807, 2.05) is 43.2 Å². The number of aromatic nitrogens is 2. The molecule has 0 aliphatic heterocycles. The summed E-state index contributed by atoms with van der Waals surface area (Å²) in [7, 11) is 4.09. The Bertz CT molecular complexity index is 744. The molecule has 1 saturated carbocycles. The van der Waals surface area contributed by atoms with E-state index in [9.17, 15) is 4.79 Å². The van der Waals surface area contributed by atoms with Gasteiger partial charge in [-0.15, -0.1) is 0 Å². The second-order valence-electron chi connectivity index (χ2n) is 7.68. The lowest BCUT2D eigenvalue weighted by Gasteiger charge is -2.37. The highest BCUT2D eigenvalue weighted by molar-refractivity contribution is 5.98. The van der Waals surface area contributed by atoms with Crippen LogP contribution in [0.25, 0.3) is 0 Å². The van der Waals surface area contributed by atoms with Crippen molar-refractivity contribution in [3.05, 3.63) is 47.7 Å². The van der Waals surface area contributed by atoms with Crippen LogP contribution in [-0.2, 0) is 16.8 Å². The fourth-order valence-corrected chi connectivity index (χ4v) is 3.98. The maximum absolute atomic E-state index is 13.3. The van der Waals surface area contributed by atoms with E-state index in [0.29, 0.717) is 5.82 Å². The summed E-state index contributed by atoms with van der Waals surface area (Å²) >= 11 is 0. The van der Waals surface area contributed by atoms with Gasteiger partial charge in [-0.1, -0.05) is 43.5 Å². The number of amides is 1. The highest BCUT2D eigenvalue weighted by Gasteiger charge is 2.42. The van der Waals surface area contributed by atoms with Gasteiger partial charge in [0.05, 0.1) is 12.0 Å². The van der Waals surface area contributed by atoms with Crippen LogP contribution in [0.5, 0.6) is 0 Å². The standard InChI is InChI=1S/C21H30N4O/c1-17-9-5-6-10-18(17)21(12-7-4-8-13-21)20(26)22-19-11-14-25(23-19)16-15-24(2)3/h5-6,9-11,14H,4,7-8,12-13,15-16H2,1-3H3,(H,22,23,26). The lowest BCUT2D eigenvalue weighted by molar-refractivity contribution is -0.122. The number of rotatable bonds is 6. The van der Waals surface area contributed by atoms with Crippen LogP contribution in [0, 0.1) is 6.92 Å². The van der Waals surface area contributed by atoms with E-state index in [1.54, 1.807) is 0 Å². The third kappa shape index (κ3) is 3.98. The van der Waals surface area contributed by atoms with E-state index in [4.69, 9.17) is 0 Å². The number of aryl methyl sites for hydroxylation is 1. The second-order valence-corrected chi connectivity index (χ2v) is 7.68. The van der Waals surface area contributed by atoms with Crippen molar-refractivity contribution in [1.29, 1.82) is 0 Å². The molecule has 0 atom stereocenters. The van der Waals surface area contributed by atoms with Crippen LogP contribution >= 0.6 is 0 Å². The third-order valence-corrected chi connectivity index (χ3v) is 5.46. The highest BCUT2D eigenvalue weighted by atomic mass is 16.2. The number of hydrogen-bond donors (Lipinski definition) is 1. The lowest BCUT2D eigenvalue weighted by Crippen LogP contribution is -2.42. The average Bonchev–Trinajstić information content (AvgIpc) is 3.08. The summed E-state index contributed by atoms with van der Waals surface area (Å²) in [6, 6.07) is 10.2. The fourth-order valence-electron chi connectivity index (χ4n) is 3.98. The number of carbonyl (C=O) groups excluding carboxylic acids is 1. The van der Waals surface area contributed by atoms with Crippen molar-refractivity contribution in [2.45, 2.75) is 51.0 Å². The van der Waals surface area contributed by atoms with E-state index in [-0.39, 0.29) is 5.91 Å². The Balaban J connectivity index is 1.80. The van der Waals surface area contributed by atoms with Crippen molar-refractivity contribution in [2.75, 3.05) is 26.0 Å². The minimum atomic E-state index is -0.434. The molecule has 0 saturated heterocycles. The first-order chi connectivity index (χ1) is 12.5. The molecule has 1 aliphatic carbocycles. The molecular formula is C21H30N4O. The predicted molar refractivity (Wildman–Crippen MR) is 105 cm³/mol. The molecule has 5 heteroatoms. The maximum atomic E-state index is 13.3. The summed E-state index contributed by atoms with van der Waals surface area (Å²) in [5.41, 5.74) is 1.93. The van der Waals surface area contributed by atoms with Gasteiger partial charge in [0.15, 0.2) is 5.82 Å². The number of anilines is 1. The number of likely N-dealkylation sites (N-methyl/N-ethyl adjacent to an activating group) is 1. The van der Waals surface area contributed by atoms with Gasteiger partial charge in [0, 0.05) is 18.8 Å². The Kier molecular flexibility index (Phi) is 5.77. The molecular weight excluding hydrogens is 324 g/mol. The van der Waals surface area contributed by atoms with E-state index < -0.39 is 5.41 Å². The van der Waals surface area contributed by atoms with E-state index in [2.05, 4.69) is 34.4 Å². The number of carbonyl (C=O) groups is 1. The zero-order chi connectivity index (χ0) is 18.6. The molecule has 1 N–H and O–H groups in total. The van der Waals surface area contributed by atoms with Crippen molar-refractivity contribution in [3.63, 3.8) is 0 Å². The van der Waals surface area contributed by atoms with Gasteiger partial charge in [-0.25, -0.2) is 0 Å². The minimum Gasteiger partial charge on any atom is -0.308 e. The number of hydrogen-bond acceptors (Lipinski definition) is 3. The van der Waals surface area contributed by atoms with Gasteiger partial charge in [0.25, 0.3) is 0 Å². The van der Waals surface area contributed by atoms with Crippen LogP contribution in [0.3, 0.4) is 0 Å². The van der Waals surface area contributed by atoms with Gasteiger partial charge >= 0.3 is 0 Å². The molecule has 0 spiro atoms. The zero-order valence-electron chi connectivity index (χ0n) is 16.2. The first-order valence-corrected chi connectivity index (χ1v) is 9.57. The van der Waals surface area contributed by atoms with E-state index in [1.165, 1.54) is 17.5 Å². The molecule has 1 heterocycles.